The van der Waals surface area contributed by atoms with E-state index in [0.29, 0.717) is 0 Å². The van der Waals surface area contributed by atoms with Gasteiger partial charge in [0.05, 0.1) is 5.69 Å². The Labute approximate surface area is 115 Å². The van der Waals surface area contributed by atoms with E-state index in [2.05, 4.69) is 10.3 Å². The molecule has 0 fully saturated rings. The zero-order chi connectivity index (χ0) is 15.3. The number of halogens is 3. The SMILES string of the molecule is CC(C)C[C@H](N[C@@H](c1ccccn1)C(F)(F)F)C(=O)O. The molecule has 2 atom stereocenters. The number of carbonyl (C=O) groups is 1. The van der Waals surface area contributed by atoms with Crippen molar-refractivity contribution >= 4 is 5.97 Å². The predicted molar refractivity (Wildman–Crippen MR) is 67.0 cm³/mol. The van der Waals surface area contributed by atoms with E-state index in [4.69, 9.17) is 5.11 Å². The van der Waals surface area contributed by atoms with Crippen molar-refractivity contribution in [2.24, 2.45) is 5.92 Å². The van der Waals surface area contributed by atoms with Gasteiger partial charge in [-0.1, -0.05) is 19.9 Å². The average molecular weight is 290 g/mol. The van der Waals surface area contributed by atoms with Crippen LogP contribution >= 0.6 is 0 Å². The molecule has 1 aromatic rings. The number of carboxylic acid groups (broad SMARTS) is 1. The molecule has 0 bridgehead atoms. The van der Waals surface area contributed by atoms with Crippen molar-refractivity contribution in [2.45, 2.75) is 38.5 Å². The third-order valence-electron chi connectivity index (χ3n) is 2.68. The van der Waals surface area contributed by atoms with Crippen LogP contribution in [0.1, 0.15) is 32.0 Å². The predicted octanol–water partition coefficient (Wildman–Crippen LogP) is 2.77. The van der Waals surface area contributed by atoms with Crippen LogP contribution in [0.3, 0.4) is 0 Å². The number of aromatic nitrogens is 1. The molecule has 1 heterocycles. The molecule has 0 aliphatic heterocycles. The monoisotopic (exact) mass is 290 g/mol. The molecule has 7 heteroatoms. The first-order valence-electron chi connectivity index (χ1n) is 6.18. The maximum atomic E-state index is 13.1. The molecule has 0 radical (unpaired) electrons. The fourth-order valence-corrected chi connectivity index (χ4v) is 1.81. The first-order chi connectivity index (χ1) is 9.21. The first kappa shape index (κ1) is 16.4. The lowest BCUT2D eigenvalue weighted by Gasteiger charge is -2.25. The van der Waals surface area contributed by atoms with E-state index < -0.39 is 24.2 Å². The van der Waals surface area contributed by atoms with Crippen molar-refractivity contribution in [2.75, 3.05) is 0 Å². The molecule has 0 aliphatic rings. The normalized spacial score (nSPS) is 15.1. The summed E-state index contributed by atoms with van der Waals surface area (Å²) in [6, 6.07) is 0.785. The van der Waals surface area contributed by atoms with Gasteiger partial charge in [-0.3, -0.25) is 15.1 Å². The second kappa shape index (κ2) is 6.69. The molecule has 1 aromatic heterocycles. The Bertz CT molecular complexity index is 435. The Morgan fingerprint density at radius 2 is 2.05 bits per heavy atom. The molecular formula is C13H17F3N2O2. The van der Waals surface area contributed by atoms with Crippen molar-refractivity contribution < 1.29 is 23.1 Å². The maximum Gasteiger partial charge on any atom is 0.409 e. The van der Waals surface area contributed by atoms with E-state index in [-0.39, 0.29) is 18.0 Å². The van der Waals surface area contributed by atoms with E-state index >= 15 is 0 Å². The van der Waals surface area contributed by atoms with Crippen molar-refractivity contribution in [3.63, 3.8) is 0 Å². The van der Waals surface area contributed by atoms with Gasteiger partial charge in [-0.05, 0) is 24.5 Å². The minimum absolute atomic E-state index is 0.0405. The van der Waals surface area contributed by atoms with Crippen molar-refractivity contribution in [3.8, 4) is 0 Å². The summed E-state index contributed by atoms with van der Waals surface area (Å²) in [7, 11) is 0. The quantitative estimate of drug-likeness (QED) is 0.845. The van der Waals surface area contributed by atoms with E-state index in [1.54, 1.807) is 13.8 Å². The number of hydrogen-bond donors (Lipinski definition) is 2. The number of aliphatic carboxylic acids is 1. The van der Waals surface area contributed by atoms with E-state index in [1.807, 2.05) is 0 Å². The highest BCUT2D eigenvalue weighted by molar-refractivity contribution is 5.73. The van der Waals surface area contributed by atoms with Crippen LogP contribution in [-0.2, 0) is 4.79 Å². The number of nitrogens with zero attached hydrogens (tertiary/aromatic N) is 1. The smallest absolute Gasteiger partial charge is 0.409 e. The summed E-state index contributed by atoms with van der Waals surface area (Å²) in [5.41, 5.74) is -0.241. The molecular weight excluding hydrogens is 273 g/mol. The van der Waals surface area contributed by atoms with E-state index in [1.165, 1.54) is 24.4 Å². The number of hydrogen-bond acceptors (Lipinski definition) is 3. The zero-order valence-corrected chi connectivity index (χ0v) is 11.2. The highest BCUT2D eigenvalue weighted by atomic mass is 19.4. The number of pyridine rings is 1. The number of nitrogens with one attached hydrogen (secondary N) is 1. The zero-order valence-electron chi connectivity index (χ0n) is 11.2. The number of rotatable bonds is 6. The van der Waals surface area contributed by atoms with Crippen LogP contribution in [0.4, 0.5) is 13.2 Å². The van der Waals surface area contributed by atoms with Crippen LogP contribution < -0.4 is 5.32 Å². The molecule has 2 N–H and O–H groups in total. The highest BCUT2D eigenvalue weighted by Gasteiger charge is 2.43. The summed E-state index contributed by atoms with van der Waals surface area (Å²) in [6.07, 6.45) is -3.26. The molecule has 20 heavy (non-hydrogen) atoms. The summed E-state index contributed by atoms with van der Waals surface area (Å²) < 4.78 is 39.2. The van der Waals surface area contributed by atoms with Gasteiger partial charge in [0, 0.05) is 6.20 Å². The Kier molecular flexibility index (Phi) is 5.50. The first-order valence-corrected chi connectivity index (χ1v) is 6.18. The van der Waals surface area contributed by atoms with Gasteiger partial charge in [-0.15, -0.1) is 0 Å². The van der Waals surface area contributed by atoms with Gasteiger partial charge in [0.25, 0.3) is 0 Å². The molecule has 0 spiro atoms. The number of alkyl halides is 3. The highest BCUT2D eigenvalue weighted by Crippen LogP contribution is 2.32. The van der Waals surface area contributed by atoms with Gasteiger partial charge in [-0.25, -0.2) is 0 Å². The molecule has 0 aromatic carbocycles. The lowest BCUT2D eigenvalue weighted by molar-refractivity contribution is -0.164. The Balaban J connectivity index is 2.98. The minimum Gasteiger partial charge on any atom is -0.480 e. The molecule has 0 saturated heterocycles. The van der Waals surface area contributed by atoms with Gasteiger partial charge in [0.2, 0.25) is 0 Å². The lowest BCUT2D eigenvalue weighted by atomic mass is 10.0. The van der Waals surface area contributed by atoms with Crippen molar-refractivity contribution in [1.82, 2.24) is 10.3 Å². The second-order valence-electron chi connectivity index (χ2n) is 4.92. The molecule has 1 rings (SSSR count). The second-order valence-corrected chi connectivity index (χ2v) is 4.92. The van der Waals surface area contributed by atoms with Crippen molar-refractivity contribution in [1.29, 1.82) is 0 Å². The van der Waals surface area contributed by atoms with Crippen LogP contribution in [-0.4, -0.2) is 28.3 Å². The molecule has 0 amide bonds. The molecule has 4 nitrogen and oxygen atoms in total. The van der Waals surface area contributed by atoms with Crippen LogP contribution in [0.5, 0.6) is 0 Å². The van der Waals surface area contributed by atoms with Crippen molar-refractivity contribution in [3.05, 3.63) is 30.1 Å². The van der Waals surface area contributed by atoms with Crippen LogP contribution in [0.2, 0.25) is 0 Å². The summed E-state index contributed by atoms with van der Waals surface area (Å²) >= 11 is 0. The van der Waals surface area contributed by atoms with Crippen LogP contribution in [0.25, 0.3) is 0 Å². The summed E-state index contributed by atoms with van der Waals surface area (Å²) in [5, 5.41) is 11.2. The van der Waals surface area contributed by atoms with E-state index in [9.17, 15) is 18.0 Å². The van der Waals surface area contributed by atoms with Crippen LogP contribution in [0, 0.1) is 5.92 Å². The standard InChI is InChI=1S/C13H17F3N2O2/c1-8(2)7-10(12(19)20)18-11(13(14,15)16)9-5-3-4-6-17-9/h3-6,8,10-11,18H,7H2,1-2H3,(H,19,20)/t10-,11-/m0/s1. The van der Waals surface area contributed by atoms with Gasteiger partial charge >= 0.3 is 12.1 Å². The average Bonchev–Trinajstić information content (AvgIpc) is 2.33. The fraction of sp³-hybridized carbons (Fsp3) is 0.538. The number of carboxylic acids is 1. The molecule has 0 unspecified atom stereocenters. The molecule has 112 valence electrons. The van der Waals surface area contributed by atoms with E-state index in [0.717, 1.165) is 0 Å². The third-order valence-corrected chi connectivity index (χ3v) is 2.68. The Morgan fingerprint density at radius 3 is 2.45 bits per heavy atom. The molecule has 0 aliphatic carbocycles. The topological polar surface area (TPSA) is 62.2 Å². The lowest BCUT2D eigenvalue weighted by Crippen LogP contribution is -2.45. The fourth-order valence-electron chi connectivity index (χ4n) is 1.81. The summed E-state index contributed by atoms with van der Waals surface area (Å²) in [5.74, 6) is -1.34. The van der Waals surface area contributed by atoms with Gasteiger partial charge in [0.15, 0.2) is 0 Å². The third kappa shape index (κ3) is 4.80. The van der Waals surface area contributed by atoms with Gasteiger partial charge < -0.3 is 5.11 Å². The maximum absolute atomic E-state index is 13.1. The largest absolute Gasteiger partial charge is 0.480 e. The Hall–Kier alpha value is -1.63. The minimum atomic E-state index is -4.61. The summed E-state index contributed by atoms with van der Waals surface area (Å²) in [6.45, 7) is 3.50. The van der Waals surface area contributed by atoms with Gasteiger partial charge in [-0.2, -0.15) is 13.2 Å². The summed E-state index contributed by atoms with van der Waals surface area (Å²) in [4.78, 5) is 14.7. The van der Waals surface area contributed by atoms with Crippen LogP contribution in [0.15, 0.2) is 24.4 Å². The molecule has 0 saturated carbocycles. The Morgan fingerprint density at radius 1 is 1.40 bits per heavy atom. The van der Waals surface area contributed by atoms with Gasteiger partial charge in [0.1, 0.15) is 12.1 Å².